The minimum Gasteiger partial charge on any atom is -0.310 e. The Balaban J connectivity index is 1.21. The van der Waals surface area contributed by atoms with Crippen LogP contribution in [0.5, 0.6) is 0 Å². The van der Waals surface area contributed by atoms with Crippen molar-refractivity contribution in [3.63, 3.8) is 0 Å². The monoisotopic (exact) mass is 593 g/mol. The van der Waals surface area contributed by atoms with E-state index in [0.29, 0.717) is 0 Å². The molecule has 1 aromatic heterocycles. The predicted octanol–water partition coefficient (Wildman–Crippen LogP) is 12.7. The highest BCUT2D eigenvalue weighted by molar-refractivity contribution is 7.26. The molecule has 9 rings (SSSR count). The van der Waals surface area contributed by atoms with Crippen LogP contribution in [-0.4, -0.2) is 0 Å². The maximum Gasteiger partial charge on any atom is 0.0468 e. The Hall–Kier alpha value is -5.18. The first-order valence-electron chi connectivity index (χ1n) is 15.6. The van der Waals surface area contributed by atoms with E-state index in [0.717, 1.165) is 17.1 Å². The second kappa shape index (κ2) is 9.92. The molecule has 1 heterocycles. The van der Waals surface area contributed by atoms with Crippen LogP contribution in [0.25, 0.3) is 53.2 Å². The Morgan fingerprint density at radius 3 is 1.98 bits per heavy atom. The lowest BCUT2D eigenvalue weighted by atomic mass is 9.82. The first-order valence-corrected chi connectivity index (χ1v) is 16.4. The van der Waals surface area contributed by atoms with Gasteiger partial charge in [-0.05, 0) is 92.7 Å². The van der Waals surface area contributed by atoms with Gasteiger partial charge in [0.1, 0.15) is 0 Å². The molecule has 214 valence electrons. The number of benzene rings is 7. The molecule has 0 spiro atoms. The molecule has 2 heteroatoms. The average Bonchev–Trinajstić information content (AvgIpc) is 3.59. The van der Waals surface area contributed by atoms with Crippen molar-refractivity contribution in [2.24, 2.45) is 0 Å². The van der Waals surface area contributed by atoms with Gasteiger partial charge in [-0.3, -0.25) is 0 Å². The smallest absolute Gasteiger partial charge is 0.0468 e. The van der Waals surface area contributed by atoms with Gasteiger partial charge in [0.15, 0.2) is 0 Å². The van der Waals surface area contributed by atoms with Gasteiger partial charge < -0.3 is 4.90 Å². The summed E-state index contributed by atoms with van der Waals surface area (Å²) in [5, 5.41) is 5.28. The zero-order chi connectivity index (χ0) is 30.1. The van der Waals surface area contributed by atoms with Gasteiger partial charge in [-0.1, -0.05) is 117 Å². The van der Waals surface area contributed by atoms with E-state index >= 15 is 0 Å². The summed E-state index contributed by atoms with van der Waals surface area (Å²) in [6, 6.07) is 55.7. The Morgan fingerprint density at radius 2 is 1.13 bits per heavy atom. The third-order valence-electron chi connectivity index (χ3n) is 9.65. The molecule has 0 radical (unpaired) electrons. The fourth-order valence-electron chi connectivity index (χ4n) is 7.45. The third kappa shape index (κ3) is 3.99. The van der Waals surface area contributed by atoms with E-state index in [9.17, 15) is 0 Å². The number of anilines is 3. The van der Waals surface area contributed by atoms with Crippen LogP contribution in [0.1, 0.15) is 25.0 Å². The maximum absolute atomic E-state index is 2.38. The van der Waals surface area contributed by atoms with E-state index in [1.54, 1.807) is 0 Å². The van der Waals surface area contributed by atoms with E-state index in [1.807, 2.05) is 11.3 Å². The molecule has 0 atom stereocenters. The molecule has 1 aliphatic carbocycles. The minimum atomic E-state index is -0.0132. The summed E-state index contributed by atoms with van der Waals surface area (Å²) in [4.78, 5) is 2.38. The first-order chi connectivity index (χ1) is 22.1. The van der Waals surface area contributed by atoms with Gasteiger partial charge in [0.2, 0.25) is 0 Å². The number of hydrogen-bond donors (Lipinski definition) is 0. The fraction of sp³-hybridized carbons (Fsp3) is 0.0698. The standard InChI is InChI=1S/C43H31NS/c1-43(2)38-18-10-8-16-34(38)37-27-32(24-25-39(37)43)44(30-13-4-3-5-14-30)31-22-20-28(21-23-31)36-26-29-12-6-7-15-33(29)42-41(36)35-17-9-11-19-40(35)45-42/h3-27H,1-2H3. The molecule has 0 amide bonds. The van der Waals surface area contributed by atoms with Crippen LogP contribution in [0.4, 0.5) is 17.1 Å². The number of thiophene rings is 1. The van der Waals surface area contributed by atoms with Gasteiger partial charge in [-0.15, -0.1) is 11.3 Å². The lowest BCUT2D eigenvalue weighted by Gasteiger charge is -2.27. The van der Waals surface area contributed by atoms with E-state index in [4.69, 9.17) is 0 Å². The van der Waals surface area contributed by atoms with Crippen molar-refractivity contribution in [2.45, 2.75) is 19.3 Å². The van der Waals surface area contributed by atoms with Crippen molar-refractivity contribution in [1.82, 2.24) is 0 Å². The molecule has 8 aromatic rings. The third-order valence-corrected chi connectivity index (χ3v) is 10.9. The highest BCUT2D eigenvalue weighted by atomic mass is 32.1. The zero-order valence-corrected chi connectivity index (χ0v) is 26.1. The molecule has 0 N–H and O–H groups in total. The molecular formula is C43H31NS. The second-order valence-corrected chi connectivity index (χ2v) is 13.6. The highest BCUT2D eigenvalue weighted by Crippen LogP contribution is 2.51. The summed E-state index contributed by atoms with van der Waals surface area (Å²) in [6.07, 6.45) is 0. The summed E-state index contributed by atoms with van der Waals surface area (Å²) in [7, 11) is 0. The number of hydrogen-bond acceptors (Lipinski definition) is 2. The fourth-order valence-corrected chi connectivity index (χ4v) is 8.71. The number of para-hydroxylation sites is 1. The molecule has 0 saturated heterocycles. The molecule has 0 aliphatic heterocycles. The Morgan fingerprint density at radius 1 is 0.489 bits per heavy atom. The SMILES string of the molecule is CC1(C)c2ccccc2-c2cc(N(c3ccccc3)c3ccc(-c4cc5ccccc5c5sc6ccccc6c45)cc3)ccc21. The van der Waals surface area contributed by atoms with Crippen LogP contribution in [0.3, 0.4) is 0 Å². The highest BCUT2D eigenvalue weighted by Gasteiger charge is 2.35. The van der Waals surface area contributed by atoms with Gasteiger partial charge in [0.25, 0.3) is 0 Å². The minimum absolute atomic E-state index is 0.0132. The van der Waals surface area contributed by atoms with E-state index in [2.05, 4.69) is 170 Å². The van der Waals surface area contributed by atoms with Crippen LogP contribution in [0.15, 0.2) is 152 Å². The molecule has 0 bridgehead atoms. The molecule has 1 nitrogen and oxygen atoms in total. The van der Waals surface area contributed by atoms with E-state index in [-0.39, 0.29) is 5.41 Å². The second-order valence-electron chi connectivity index (χ2n) is 12.6. The number of rotatable bonds is 4. The van der Waals surface area contributed by atoms with Gasteiger partial charge in [-0.25, -0.2) is 0 Å². The van der Waals surface area contributed by atoms with Gasteiger partial charge in [-0.2, -0.15) is 0 Å². The van der Waals surface area contributed by atoms with Crippen LogP contribution in [-0.2, 0) is 5.41 Å². The normalized spacial score (nSPS) is 13.3. The van der Waals surface area contributed by atoms with E-state index < -0.39 is 0 Å². The summed E-state index contributed by atoms with van der Waals surface area (Å²) in [5.74, 6) is 0. The molecule has 7 aromatic carbocycles. The van der Waals surface area contributed by atoms with Crippen molar-refractivity contribution >= 4 is 59.3 Å². The van der Waals surface area contributed by atoms with Gasteiger partial charge in [0.05, 0.1) is 0 Å². The van der Waals surface area contributed by atoms with Crippen molar-refractivity contribution in [2.75, 3.05) is 4.90 Å². The van der Waals surface area contributed by atoms with Gasteiger partial charge in [0, 0.05) is 42.6 Å². The van der Waals surface area contributed by atoms with Crippen molar-refractivity contribution in [1.29, 1.82) is 0 Å². The summed E-state index contributed by atoms with van der Waals surface area (Å²) in [6.45, 7) is 4.68. The van der Waals surface area contributed by atoms with Gasteiger partial charge >= 0.3 is 0 Å². The van der Waals surface area contributed by atoms with Crippen LogP contribution in [0.2, 0.25) is 0 Å². The van der Waals surface area contributed by atoms with Crippen LogP contribution >= 0.6 is 11.3 Å². The van der Waals surface area contributed by atoms with E-state index in [1.165, 1.54) is 64.3 Å². The summed E-state index contributed by atoms with van der Waals surface area (Å²) >= 11 is 1.90. The molecule has 0 saturated carbocycles. The van der Waals surface area contributed by atoms with Crippen molar-refractivity contribution in [3.05, 3.63) is 163 Å². The quantitative estimate of drug-likeness (QED) is 0.196. The molecule has 0 fully saturated rings. The Labute approximate surface area is 267 Å². The topological polar surface area (TPSA) is 3.24 Å². The lowest BCUT2D eigenvalue weighted by molar-refractivity contribution is 0.660. The predicted molar refractivity (Wildman–Crippen MR) is 195 cm³/mol. The van der Waals surface area contributed by atoms with Crippen molar-refractivity contribution in [3.8, 4) is 22.3 Å². The van der Waals surface area contributed by atoms with Crippen molar-refractivity contribution < 1.29 is 0 Å². The van der Waals surface area contributed by atoms with Crippen LogP contribution < -0.4 is 4.90 Å². The lowest BCUT2D eigenvalue weighted by Crippen LogP contribution is -2.15. The maximum atomic E-state index is 2.38. The summed E-state index contributed by atoms with van der Waals surface area (Å²) in [5.41, 5.74) is 11.4. The first kappa shape index (κ1) is 26.2. The number of nitrogens with zero attached hydrogens (tertiary/aromatic N) is 1. The Bertz CT molecular complexity index is 2400. The van der Waals surface area contributed by atoms with Crippen LogP contribution in [0, 0.1) is 0 Å². The Kier molecular flexibility index (Phi) is 5.78. The largest absolute Gasteiger partial charge is 0.310 e. The number of fused-ring (bicyclic) bond motifs is 8. The molecule has 45 heavy (non-hydrogen) atoms. The molecular weight excluding hydrogens is 563 g/mol. The summed E-state index contributed by atoms with van der Waals surface area (Å²) < 4.78 is 2.69. The molecule has 1 aliphatic rings. The zero-order valence-electron chi connectivity index (χ0n) is 25.3. The molecule has 0 unspecified atom stereocenters. The average molecular weight is 594 g/mol.